The molecule has 2 rings (SSSR count). The highest BCUT2D eigenvalue weighted by Crippen LogP contribution is 2.31. The quantitative estimate of drug-likeness (QED) is 0.692. The summed E-state index contributed by atoms with van der Waals surface area (Å²) < 4.78 is 5.86. The van der Waals surface area contributed by atoms with Gasteiger partial charge in [0.15, 0.2) is 0 Å². The number of ether oxygens (including phenoxy) is 1. The molecule has 0 radical (unpaired) electrons. The Labute approximate surface area is 159 Å². The van der Waals surface area contributed by atoms with Crippen LogP contribution in [0.15, 0.2) is 42.5 Å². The summed E-state index contributed by atoms with van der Waals surface area (Å²) in [5.74, 6) is -0.773. The third kappa shape index (κ3) is 4.59. The molecule has 26 heavy (non-hydrogen) atoms. The molecule has 0 saturated heterocycles. The zero-order valence-corrected chi connectivity index (χ0v) is 16.0. The van der Waals surface area contributed by atoms with Gasteiger partial charge in [0.2, 0.25) is 0 Å². The number of thiocarbonyl (C=S) groups is 1. The summed E-state index contributed by atoms with van der Waals surface area (Å²) in [5.41, 5.74) is 8.13. The van der Waals surface area contributed by atoms with Gasteiger partial charge < -0.3 is 20.5 Å². The summed E-state index contributed by atoms with van der Waals surface area (Å²) in [5, 5.41) is 9.64. The van der Waals surface area contributed by atoms with E-state index in [0.29, 0.717) is 17.7 Å². The Balaban J connectivity index is 2.50. The third-order valence-corrected chi connectivity index (χ3v) is 4.55. The van der Waals surface area contributed by atoms with Crippen molar-refractivity contribution in [2.75, 3.05) is 20.7 Å². The SMILES string of the molecule is CCC(COc1cc(C(N)=S)c(-c2ccccc2)cc1C(=O)O)N(C)C. The van der Waals surface area contributed by atoms with E-state index >= 15 is 0 Å². The van der Waals surface area contributed by atoms with Gasteiger partial charge in [-0.25, -0.2) is 4.79 Å². The van der Waals surface area contributed by atoms with Gasteiger partial charge in [-0.2, -0.15) is 0 Å². The van der Waals surface area contributed by atoms with Gasteiger partial charge in [-0.15, -0.1) is 0 Å². The van der Waals surface area contributed by atoms with Crippen LogP contribution >= 0.6 is 12.2 Å². The fourth-order valence-electron chi connectivity index (χ4n) is 2.74. The van der Waals surface area contributed by atoms with Crippen molar-refractivity contribution in [2.45, 2.75) is 19.4 Å². The molecule has 0 heterocycles. The highest BCUT2D eigenvalue weighted by molar-refractivity contribution is 7.80. The Morgan fingerprint density at radius 3 is 2.38 bits per heavy atom. The molecule has 0 amide bonds. The molecule has 1 unspecified atom stereocenters. The van der Waals surface area contributed by atoms with Crippen molar-refractivity contribution in [3.05, 3.63) is 53.6 Å². The first-order chi connectivity index (χ1) is 12.3. The second-order valence-electron chi connectivity index (χ2n) is 6.27. The minimum Gasteiger partial charge on any atom is -0.491 e. The fourth-order valence-corrected chi connectivity index (χ4v) is 2.91. The van der Waals surface area contributed by atoms with Crippen molar-refractivity contribution in [2.24, 2.45) is 5.73 Å². The van der Waals surface area contributed by atoms with Gasteiger partial charge >= 0.3 is 5.97 Å². The molecule has 0 fully saturated rings. The lowest BCUT2D eigenvalue weighted by Crippen LogP contribution is -2.33. The largest absolute Gasteiger partial charge is 0.491 e. The second-order valence-corrected chi connectivity index (χ2v) is 6.71. The van der Waals surface area contributed by atoms with Gasteiger partial charge in [0.25, 0.3) is 0 Å². The summed E-state index contributed by atoms with van der Waals surface area (Å²) in [4.78, 5) is 14.0. The Morgan fingerprint density at radius 1 is 1.23 bits per heavy atom. The predicted octanol–water partition coefficient (Wildman–Crippen LogP) is 3.41. The highest BCUT2D eigenvalue weighted by atomic mass is 32.1. The van der Waals surface area contributed by atoms with Crippen LogP contribution in [0.1, 0.15) is 29.3 Å². The van der Waals surface area contributed by atoms with Crippen molar-refractivity contribution in [3.8, 4) is 16.9 Å². The van der Waals surface area contributed by atoms with Gasteiger partial charge in [-0.1, -0.05) is 49.5 Å². The predicted molar refractivity (Wildman–Crippen MR) is 108 cm³/mol. The first-order valence-corrected chi connectivity index (χ1v) is 8.81. The van der Waals surface area contributed by atoms with Crippen LogP contribution in [0.5, 0.6) is 5.75 Å². The Bertz CT molecular complexity index is 791. The molecule has 5 nitrogen and oxygen atoms in total. The number of benzene rings is 2. The van der Waals surface area contributed by atoms with E-state index in [4.69, 9.17) is 22.7 Å². The number of hydrogen-bond donors (Lipinski definition) is 2. The molecule has 6 heteroatoms. The summed E-state index contributed by atoms with van der Waals surface area (Å²) in [6.45, 7) is 2.44. The number of nitrogens with two attached hydrogens (primary N) is 1. The normalized spacial score (nSPS) is 12.0. The first kappa shape index (κ1) is 19.9. The molecule has 2 aromatic carbocycles. The average Bonchev–Trinajstić information content (AvgIpc) is 2.61. The van der Waals surface area contributed by atoms with Crippen LogP contribution in [0.4, 0.5) is 0 Å². The Morgan fingerprint density at radius 2 is 1.88 bits per heavy atom. The molecule has 3 N–H and O–H groups in total. The van der Waals surface area contributed by atoms with Crippen molar-refractivity contribution in [1.29, 1.82) is 0 Å². The molecule has 0 aliphatic carbocycles. The van der Waals surface area contributed by atoms with E-state index < -0.39 is 5.97 Å². The second kappa shape index (κ2) is 8.78. The van der Waals surface area contributed by atoms with Crippen molar-refractivity contribution in [1.82, 2.24) is 4.90 Å². The van der Waals surface area contributed by atoms with Gasteiger partial charge in [-0.3, -0.25) is 0 Å². The van der Waals surface area contributed by atoms with E-state index in [9.17, 15) is 9.90 Å². The van der Waals surface area contributed by atoms with E-state index in [1.165, 1.54) is 0 Å². The fraction of sp³-hybridized carbons (Fsp3) is 0.300. The molecular weight excluding hydrogens is 348 g/mol. The number of carboxylic acid groups (broad SMARTS) is 1. The maximum atomic E-state index is 11.8. The summed E-state index contributed by atoms with van der Waals surface area (Å²) in [7, 11) is 3.93. The van der Waals surface area contributed by atoms with Gasteiger partial charge in [-0.05, 0) is 43.8 Å². The molecule has 0 aromatic heterocycles. The number of hydrogen-bond acceptors (Lipinski definition) is 4. The summed E-state index contributed by atoms with van der Waals surface area (Å²) >= 11 is 5.18. The van der Waals surface area contributed by atoms with E-state index in [1.807, 2.05) is 49.3 Å². The van der Waals surface area contributed by atoms with Gasteiger partial charge in [0, 0.05) is 11.6 Å². The van der Waals surface area contributed by atoms with E-state index in [-0.39, 0.29) is 22.3 Å². The van der Waals surface area contributed by atoms with Crippen LogP contribution in [0, 0.1) is 0 Å². The number of carbonyl (C=O) groups is 1. The van der Waals surface area contributed by atoms with E-state index in [0.717, 1.165) is 12.0 Å². The molecule has 0 bridgehead atoms. The Kier molecular flexibility index (Phi) is 6.71. The van der Waals surface area contributed by atoms with E-state index in [1.54, 1.807) is 12.1 Å². The third-order valence-electron chi connectivity index (χ3n) is 4.33. The minimum absolute atomic E-state index is 0.0949. The van der Waals surface area contributed by atoms with Gasteiger partial charge in [0.05, 0.1) is 0 Å². The smallest absolute Gasteiger partial charge is 0.339 e. The van der Waals surface area contributed by atoms with Crippen LogP contribution < -0.4 is 10.5 Å². The molecule has 0 aliphatic heterocycles. The number of nitrogens with zero attached hydrogens (tertiary/aromatic N) is 1. The average molecular weight is 372 g/mol. The minimum atomic E-state index is -1.05. The maximum absolute atomic E-state index is 11.8. The van der Waals surface area contributed by atoms with Crippen molar-refractivity contribution >= 4 is 23.2 Å². The molecular formula is C20H24N2O3S. The zero-order chi connectivity index (χ0) is 19.3. The molecule has 138 valence electrons. The molecule has 0 saturated carbocycles. The van der Waals surface area contributed by atoms with Crippen LogP contribution in [-0.2, 0) is 0 Å². The maximum Gasteiger partial charge on any atom is 0.339 e. The van der Waals surface area contributed by atoms with Crippen LogP contribution in [0.2, 0.25) is 0 Å². The molecule has 1 atom stereocenters. The van der Waals surface area contributed by atoms with Crippen LogP contribution in [0.25, 0.3) is 11.1 Å². The monoisotopic (exact) mass is 372 g/mol. The lowest BCUT2D eigenvalue weighted by molar-refractivity contribution is 0.0690. The number of likely N-dealkylation sites (N-methyl/N-ethyl adjacent to an activating group) is 1. The Hall–Kier alpha value is -2.44. The van der Waals surface area contributed by atoms with Crippen molar-refractivity contribution < 1.29 is 14.6 Å². The lowest BCUT2D eigenvalue weighted by atomic mass is 9.96. The lowest BCUT2D eigenvalue weighted by Gasteiger charge is -2.24. The molecule has 0 spiro atoms. The highest BCUT2D eigenvalue weighted by Gasteiger charge is 2.20. The zero-order valence-electron chi connectivity index (χ0n) is 15.2. The number of aromatic carboxylic acids is 1. The summed E-state index contributed by atoms with van der Waals surface area (Å²) in [6.07, 6.45) is 0.889. The topological polar surface area (TPSA) is 75.8 Å². The van der Waals surface area contributed by atoms with Crippen molar-refractivity contribution in [3.63, 3.8) is 0 Å². The number of carboxylic acids is 1. The number of rotatable bonds is 8. The van der Waals surface area contributed by atoms with Gasteiger partial charge in [0.1, 0.15) is 22.9 Å². The van der Waals surface area contributed by atoms with Crippen LogP contribution in [0.3, 0.4) is 0 Å². The molecule has 2 aromatic rings. The summed E-state index contributed by atoms with van der Waals surface area (Å²) in [6, 6.07) is 12.8. The molecule has 0 aliphatic rings. The van der Waals surface area contributed by atoms with E-state index in [2.05, 4.69) is 6.92 Å². The standard InChI is InChI=1S/C20H24N2O3S/c1-4-14(22(2)3)12-25-18-11-16(19(21)26)15(10-17(18)20(23)24)13-8-6-5-7-9-13/h5-11,14H,4,12H2,1-3H3,(H2,21,26)(H,23,24). The van der Waals surface area contributed by atoms with Crippen LogP contribution in [-0.4, -0.2) is 47.7 Å². The first-order valence-electron chi connectivity index (χ1n) is 8.40.